The fourth-order valence-corrected chi connectivity index (χ4v) is 2.78. The summed E-state index contributed by atoms with van der Waals surface area (Å²) in [6.07, 6.45) is 2.77. The smallest absolute Gasteiger partial charge is 0.254 e. The Bertz CT molecular complexity index is 1050. The molecular weight excluding hydrogens is 331 g/mol. The van der Waals surface area contributed by atoms with Crippen molar-refractivity contribution in [2.45, 2.75) is 13.8 Å². The Morgan fingerprint density at radius 1 is 1.08 bits per heavy atom. The third kappa shape index (κ3) is 2.33. The highest BCUT2D eigenvalue weighted by Gasteiger charge is 2.13. The first kappa shape index (κ1) is 14.8. The van der Waals surface area contributed by atoms with Crippen molar-refractivity contribution in [3.05, 3.63) is 59.1 Å². The summed E-state index contributed by atoms with van der Waals surface area (Å²) in [5.74, 6) is 0.0222. The molecule has 8 heteroatoms. The van der Waals surface area contributed by atoms with Crippen LogP contribution in [0.25, 0.3) is 22.9 Å². The summed E-state index contributed by atoms with van der Waals surface area (Å²) in [6.45, 7) is 3.98. The standard InChI is InChI=1S/C16H12ClFN6/c1-9-3-4-10(2)24(9)16-20-13-7-11(5-6-23(13)22-16)14-12(18)8-19-15(17)21-14/h3-8H,1-2H3. The average Bonchev–Trinajstić information content (AvgIpc) is 3.11. The Kier molecular flexibility index (Phi) is 3.31. The Morgan fingerprint density at radius 3 is 2.58 bits per heavy atom. The van der Waals surface area contributed by atoms with Crippen LogP contribution in [0.5, 0.6) is 0 Å². The Balaban J connectivity index is 1.86. The van der Waals surface area contributed by atoms with Gasteiger partial charge in [0.25, 0.3) is 5.95 Å². The molecule has 0 aliphatic heterocycles. The van der Waals surface area contributed by atoms with Crippen LogP contribution in [0.1, 0.15) is 11.4 Å². The molecule has 4 rings (SSSR count). The van der Waals surface area contributed by atoms with E-state index in [4.69, 9.17) is 11.6 Å². The van der Waals surface area contributed by atoms with Gasteiger partial charge in [-0.05, 0) is 49.7 Å². The van der Waals surface area contributed by atoms with Crippen LogP contribution in [0, 0.1) is 19.7 Å². The molecule has 4 aromatic heterocycles. The Morgan fingerprint density at radius 2 is 1.83 bits per heavy atom. The molecule has 0 saturated carbocycles. The molecule has 0 N–H and O–H groups in total. The highest BCUT2D eigenvalue weighted by Crippen LogP contribution is 2.23. The van der Waals surface area contributed by atoms with Crippen molar-refractivity contribution < 1.29 is 4.39 Å². The monoisotopic (exact) mass is 342 g/mol. The van der Waals surface area contributed by atoms with E-state index in [9.17, 15) is 4.39 Å². The van der Waals surface area contributed by atoms with Gasteiger partial charge in [-0.25, -0.2) is 18.9 Å². The SMILES string of the molecule is Cc1ccc(C)n1-c1nc2cc(-c3nc(Cl)ncc3F)ccn2n1. The second-order valence-corrected chi connectivity index (χ2v) is 5.76. The molecule has 4 aromatic rings. The summed E-state index contributed by atoms with van der Waals surface area (Å²) in [7, 11) is 0. The van der Waals surface area contributed by atoms with E-state index < -0.39 is 5.82 Å². The van der Waals surface area contributed by atoms with Crippen molar-refractivity contribution >= 4 is 17.2 Å². The average molecular weight is 343 g/mol. The summed E-state index contributed by atoms with van der Waals surface area (Å²) in [5, 5.41) is 4.46. The van der Waals surface area contributed by atoms with Crippen LogP contribution in [0.15, 0.2) is 36.7 Å². The lowest BCUT2D eigenvalue weighted by Gasteiger charge is -2.02. The summed E-state index contributed by atoms with van der Waals surface area (Å²) in [5.41, 5.74) is 3.36. The summed E-state index contributed by atoms with van der Waals surface area (Å²) < 4.78 is 17.5. The number of pyridine rings is 1. The van der Waals surface area contributed by atoms with Crippen LogP contribution in [-0.2, 0) is 0 Å². The molecule has 0 spiro atoms. The normalized spacial score (nSPS) is 11.3. The van der Waals surface area contributed by atoms with Gasteiger partial charge in [0, 0.05) is 23.1 Å². The largest absolute Gasteiger partial charge is 0.286 e. The minimum Gasteiger partial charge on any atom is -0.286 e. The van der Waals surface area contributed by atoms with Crippen molar-refractivity contribution in [3.8, 4) is 17.2 Å². The molecule has 120 valence electrons. The summed E-state index contributed by atoms with van der Waals surface area (Å²) in [4.78, 5) is 12.1. The lowest BCUT2D eigenvalue weighted by atomic mass is 10.2. The molecule has 0 radical (unpaired) electrons. The number of hydrogen-bond acceptors (Lipinski definition) is 4. The minimum absolute atomic E-state index is 0.00739. The molecule has 0 saturated heterocycles. The van der Waals surface area contributed by atoms with E-state index in [1.807, 2.05) is 30.5 Å². The van der Waals surface area contributed by atoms with Crippen molar-refractivity contribution in [1.29, 1.82) is 0 Å². The quantitative estimate of drug-likeness (QED) is 0.524. The minimum atomic E-state index is -0.541. The van der Waals surface area contributed by atoms with E-state index >= 15 is 0 Å². The molecule has 0 bridgehead atoms. The van der Waals surface area contributed by atoms with Gasteiger partial charge in [0.2, 0.25) is 5.28 Å². The molecule has 0 fully saturated rings. The Hall–Kier alpha value is -2.80. The number of halogens is 2. The van der Waals surface area contributed by atoms with Crippen LogP contribution in [0.3, 0.4) is 0 Å². The predicted octanol–water partition coefficient (Wildman–Crippen LogP) is 3.39. The number of aryl methyl sites for hydroxylation is 2. The van der Waals surface area contributed by atoms with Crippen molar-refractivity contribution in [3.63, 3.8) is 0 Å². The van der Waals surface area contributed by atoms with Gasteiger partial charge in [-0.2, -0.15) is 4.98 Å². The third-order valence-corrected chi connectivity index (χ3v) is 3.97. The van der Waals surface area contributed by atoms with Crippen LogP contribution >= 0.6 is 11.6 Å². The molecule has 0 amide bonds. The van der Waals surface area contributed by atoms with Gasteiger partial charge in [-0.1, -0.05) is 0 Å². The lowest BCUT2D eigenvalue weighted by molar-refractivity contribution is 0.618. The van der Waals surface area contributed by atoms with E-state index in [1.165, 1.54) is 0 Å². The molecule has 0 unspecified atom stereocenters. The molecule has 24 heavy (non-hydrogen) atoms. The van der Waals surface area contributed by atoms with Gasteiger partial charge in [-0.15, -0.1) is 5.10 Å². The van der Waals surface area contributed by atoms with E-state index in [2.05, 4.69) is 20.1 Å². The first-order valence-electron chi connectivity index (χ1n) is 7.23. The second-order valence-electron chi connectivity index (χ2n) is 5.42. The number of hydrogen-bond donors (Lipinski definition) is 0. The summed E-state index contributed by atoms with van der Waals surface area (Å²) in [6, 6.07) is 7.43. The van der Waals surface area contributed by atoms with Crippen LogP contribution in [0.4, 0.5) is 4.39 Å². The number of rotatable bonds is 2. The second kappa shape index (κ2) is 5.38. The first-order valence-corrected chi connectivity index (χ1v) is 7.61. The van der Waals surface area contributed by atoms with Gasteiger partial charge in [-0.3, -0.25) is 4.57 Å². The van der Waals surface area contributed by atoms with Crippen LogP contribution in [0.2, 0.25) is 5.28 Å². The number of fused-ring (bicyclic) bond motifs is 1. The molecule has 0 aliphatic rings. The van der Waals surface area contributed by atoms with Gasteiger partial charge >= 0.3 is 0 Å². The van der Waals surface area contributed by atoms with Crippen molar-refractivity contribution in [2.75, 3.05) is 0 Å². The van der Waals surface area contributed by atoms with Crippen LogP contribution in [-0.4, -0.2) is 29.1 Å². The van der Waals surface area contributed by atoms with Crippen LogP contribution < -0.4 is 0 Å². The zero-order valence-corrected chi connectivity index (χ0v) is 13.7. The van der Waals surface area contributed by atoms with Gasteiger partial charge in [0.15, 0.2) is 11.5 Å². The maximum absolute atomic E-state index is 14.0. The van der Waals surface area contributed by atoms with Gasteiger partial charge in [0.05, 0.1) is 6.20 Å². The third-order valence-electron chi connectivity index (χ3n) is 3.79. The highest BCUT2D eigenvalue weighted by molar-refractivity contribution is 6.28. The molecule has 4 heterocycles. The van der Waals surface area contributed by atoms with Crippen molar-refractivity contribution in [2.24, 2.45) is 0 Å². The zero-order chi connectivity index (χ0) is 16.8. The molecule has 0 atom stereocenters. The predicted molar refractivity (Wildman–Crippen MR) is 87.8 cm³/mol. The molecule has 0 aliphatic carbocycles. The maximum atomic E-state index is 14.0. The maximum Gasteiger partial charge on any atom is 0.254 e. The fraction of sp³-hybridized carbons (Fsp3) is 0.125. The highest BCUT2D eigenvalue weighted by atomic mass is 35.5. The summed E-state index contributed by atoms with van der Waals surface area (Å²) >= 11 is 5.77. The van der Waals surface area contributed by atoms with Gasteiger partial charge < -0.3 is 0 Å². The van der Waals surface area contributed by atoms with E-state index in [0.29, 0.717) is 17.2 Å². The Labute approximate surface area is 141 Å². The van der Waals surface area contributed by atoms with E-state index in [0.717, 1.165) is 17.6 Å². The molecular formula is C16H12ClFN6. The molecule has 0 aromatic carbocycles. The topological polar surface area (TPSA) is 60.9 Å². The number of aromatic nitrogens is 6. The van der Waals surface area contributed by atoms with E-state index in [-0.39, 0.29) is 11.0 Å². The number of nitrogens with zero attached hydrogens (tertiary/aromatic N) is 6. The van der Waals surface area contributed by atoms with Gasteiger partial charge in [0.1, 0.15) is 5.69 Å². The zero-order valence-electron chi connectivity index (χ0n) is 12.9. The molecule has 6 nitrogen and oxygen atoms in total. The lowest BCUT2D eigenvalue weighted by Crippen LogP contribution is -2.01. The van der Waals surface area contributed by atoms with E-state index in [1.54, 1.807) is 22.8 Å². The van der Waals surface area contributed by atoms with Crippen molar-refractivity contribution in [1.82, 2.24) is 29.1 Å². The first-order chi connectivity index (χ1) is 11.5. The fourth-order valence-electron chi connectivity index (χ4n) is 2.64.